The second kappa shape index (κ2) is 11.7. The van der Waals surface area contributed by atoms with E-state index in [1.807, 2.05) is 65.6 Å². The lowest BCUT2D eigenvalue weighted by molar-refractivity contribution is -0.136. The molecule has 2 atom stereocenters. The molecule has 6 rings (SSSR count). The number of thioether (sulfide) groups is 1. The van der Waals surface area contributed by atoms with E-state index >= 15 is 0 Å². The van der Waals surface area contributed by atoms with E-state index in [1.165, 1.54) is 0 Å². The van der Waals surface area contributed by atoms with E-state index in [1.54, 1.807) is 16.7 Å². The lowest BCUT2D eigenvalue weighted by Crippen LogP contribution is -2.52. The second-order valence-corrected chi connectivity index (χ2v) is 12.5. The Hall–Kier alpha value is -3.62. The van der Waals surface area contributed by atoms with Gasteiger partial charge in [-0.25, -0.2) is 0 Å². The molecule has 0 aromatic heterocycles. The standard InChI is InChI=1S/C32H30ClN3O4S/c33-22-9-7-20(8-10-22)25-5-1-2-6-27(25)31(39)35-16-3-4-23(15-17-35)41-24-11-12-26-21(18-24)19-36(32(26)40)28-13-14-29(37)34-30(28)38/h1-2,5-12,18,23,28H,3-4,13-17,19H2,(H,34,37,38). The SMILES string of the molecule is O=C1CCC(N2Cc3cc(SC4CCCN(C(=O)c5ccccc5-c5ccc(Cl)cc5)CC4)ccc3C2=O)C(=O)N1. The van der Waals surface area contributed by atoms with Gasteiger partial charge in [0.15, 0.2) is 0 Å². The molecule has 2 saturated heterocycles. The van der Waals surface area contributed by atoms with Gasteiger partial charge in [-0.15, -0.1) is 11.8 Å². The minimum atomic E-state index is -0.612. The first kappa shape index (κ1) is 27.5. The van der Waals surface area contributed by atoms with Gasteiger partial charge in [0.2, 0.25) is 11.8 Å². The van der Waals surface area contributed by atoms with Crippen molar-refractivity contribution in [3.8, 4) is 11.1 Å². The highest BCUT2D eigenvalue weighted by Gasteiger charge is 2.39. The van der Waals surface area contributed by atoms with Crippen molar-refractivity contribution < 1.29 is 19.2 Å². The summed E-state index contributed by atoms with van der Waals surface area (Å²) in [4.78, 5) is 55.2. The van der Waals surface area contributed by atoms with E-state index < -0.39 is 11.9 Å². The number of benzene rings is 3. The molecule has 3 aliphatic heterocycles. The van der Waals surface area contributed by atoms with Gasteiger partial charge in [-0.2, -0.15) is 0 Å². The highest BCUT2D eigenvalue weighted by Crippen LogP contribution is 2.35. The van der Waals surface area contributed by atoms with Gasteiger partial charge >= 0.3 is 0 Å². The number of hydrogen-bond acceptors (Lipinski definition) is 5. The number of carbonyl (C=O) groups excluding carboxylic acids is 4. The van der Waals surface area contributed by atoms with Crippen LogP contribution in [0.15, 0.2) is 71.6 Å². The zero-order valence-corrected chi connectivity index (χ0v) is 24.0. The molecule has 3 aromatic rings. The topological polar surface area (TPSA) is 86.8 Å². The molecule has 2 fully saturated rings. The number of carbonyl (C=O) groups is 4. The fraction of sp³-hybridized carbons (Fsp3) is 0.312. The quantitative estimate of drug-likeness (QED) is 0.395. The first-order valence-corrected chi connectivity index (χ1v) is 15.2. The molecule has 3 aliphatic rings. The van der Waals surface area contributed by atoms with Gasteiger partial charge < -0.3 is 9.80 Å². The first-order chi connectivity index (χ1) is 19.9. The largest absolute Gasteiger partial charge is 0.339 e. The lowest BCUT2D eigenvalue weighted by Gasteiger charge is -2.29. The molecular formula is C32H30ClN3O4S. The van der Waals surface area contributed by atoms with Crippen LogP contribution in [0.4, 0.5) is 0 Å². The van der Waals surface area contributed by atoms with Crippen LogP contribution in [0.1, 0.15) is 58.4 Å². The Kier molecular flexibility index (Phi) is 7.86. The van der Waals surface area contributed by atoms with Gasteiger partial charge in [-0.05, 0) is 78.8 Å². The third-order valence-electron chi connectivity index (χ3n) is 8.07. The summed E-state index contributed by atoms with van der Waals surface area (Å²) in [7, 11) is 0. The predicted octanol–water partition coefficient (Wildman–Crippen LogP) is 5.56. The Morgan fingerprint density at radius 3 is 2.51 bits per heavy atom. The van der Waals surface area contributed by atoms with Crippen LogP contribution in [0.3, 0.4) is 0 Å². The number of nitrogens with zero attached hydrogens (tertiary/aromatic N) is 2. The summed E-state index contributed by atoms with van der Waals surface area (Å²) in [5.74, 6) is -0.798. The van der Waals surface area contributed by atoms with Crippen LogP contribution in [-0.4, -0.2) is 57.8 Å². The maximum atomic E-state index is 13.6. The number of rotatable bonds is 5. The third kappa shape index (κ3) is 5.76. The van der Waals surface area contributed by atoms with Crippen molar-refractivity contribution >= 4 is 47.0 Å². The van der Waals surface area contributed by atoms with Crippen molar-refractivity contribution in [3.05, 3.63) is 88.4 Å². The maximum Gasteiger partial charge on any atom is 0.255 e. The minimum Gasteiger partial charge on any atom is -0.339 e. The number of amides is 4. The molecule has 3 aromatic carbocycles. The highest BCUT2D eigenvalue weighted by atomic mass is 35.5. The Labute approximate surface area is 248 Å². The lowest BCUT2D eigenvalue weighted by atomic mass is 9.99. The Balaban J connectivity index is 1.10. The van der Waals surface area contributed by atoms with E-state index in [0.29, 0.717) is 47.5 Å². The number of hydrogen-bond donors (Lipinski definition) is 1. The molecule has 0 aliphatic carbocycles. The number of likely N-dealkylation sites (tertiary alicyclic amines) is 1. The predicted molar refractivity (Wildman–Crippen MR) is 159 cm³/mol. The van der Waals surface area contributed by atoms with Gasteiger partial charge in [-0.1, -0.05) is 41.9 Å². The van der Waals surface area contributed by atoms with Crippen LogP contribution in [0.25, 0.3) is 11.1 Å². The van der Waals surface area contributed by atoms with Crippen LogP contribution >= 0.6 is 23.4 Å². The van der Waals surface area contributed by atoms with Gasteiger partial charge in [0.1, 0.15) is 6.04 Å². The van der Waals surface area contributed by atoms with E-state index in [-0.39, 0.29) is 24.1 Å². The van der Waals surface area contributed by atoms with Crippen molar-refractivity contribution in [2.75, 3.05) is 13.1 Å². The number of halogens is 1. The summed E-state index contributed by atoms with van der Waals surface area (Å²) < 4.78 is 0. The maximum absolute atomic E-state index is 13.6. The van der Waals surface area contributed by atoms with E-state index in [2.05, 4.69) is 11.4 Å². The van der Waals surface area contributed by atoms with Crippen LogP contribution in [-0.2, 0) is 16.1 Å². The molecule has 0 bridgehead atoms. The monoisotopic (exact) mass is 587 g/mol. The average Bonchev–Trinajstić information content (AvgIpc) is 3.12. The molecule has 9 heteroatoms. The number of fused-ring (bicyclic) bond motifs is 1. The van der Waals surface area contributed by atoms with Crippen molar-refractivity contribution in [1.82, 2.24) is 15.1 Å². The summed E-state index contributed by atoms with van der Waals surface area (Å²) in [6.07, 6.45) is 3.38. The summed E-state index contributed by atoms with van der Waals surface area (Å²) in [6, 6.07) is 20.6. The smallest absolute Gasteiger partial charge is 0.255 e. The molecule has 0 spiro atoms. The number of nitrogens with one attached hydrogen (secondary N) is 1. The summed E-state index contributed by atoms with van der Waals surface area (Å²) >= 11 is 7.87. The second-order valence-electron chi connectivity index (χ2n) is 10.7. The summed E-state index contributed by atoms with van der Waals surface area (Å²) in [6.45, 7) is 1.76. The molecule has 7 nitrogen and oxygen atoms in total. The van der Waals surface area contributed by atoms with E-state index in [9.17, 15) is 19.2 Å². The molecule has 0 radical (unpaired) electrons. The average molecular weight is 588 g/mol. The van der Waals surface area contributed by atoms with Gasteiger partial charge in [0, 0.05) is 52.4 Å². The Morgan fingerprint density at radius 1 is 0.902 bits per heavy atom. The summed E-state index contributed by atoms with van der Waals surface area (Å²) in [5.41, 5.74) is 4.10. The van der Waals surface area contributed by atoms with Gasteiger partial charge in [0.25, 0.3) is 11.8 Å². The Bertz CT molecular complexity index is 1530. The molecular weight excluding hydrogens is 558 g/mol. The zero-order valence-electron chi connectivity index (χ0n) is 22.5. The first-order valence-electron chi connectivity index (χ1n) is 14.0. The Morgan fingerprint density at radius 2 is 1.71 bits per heavy atom. The molecule has 41 heavy (non-hydrogen) atoms. The van der Waals surface area contributed by atoms with Crippen LogP contribution < -0.4 is 5.32 Å². The van der Waals surface area contributed by atoms with Gasteiger partial charge in [-0.3, -0.25) is 24.5 Å². The molecule has 1 N–H and O–H groups in total. The highest BCUT2D eigenvalue weighted by molar-refractivity contribution is 8.00. The molecule has 210 valence electrons. The van der Waals surface area contributed by atoms with Crippen molar-refractivity contribution in [2.24, 2.45) is 0 Å². The number of imide groups is 1. The van der Waals surface area contributed by atoms with E-state index in [0.717, 1.165) is 40.8 Å². The van der Waals surface area contributed by atoms with Crippen LogP contribution in [0.2, 0.25) is 5.02 Å². The fourth-order valence-electron chi connectivity index (χ4n) is 5.92. The molecule has 2 unspecified atom stereocenters. The normalized spacial score (nSPS) is 21.0. The van der Waals surface area contributed by atoms with Crippen molar-refractivity contribution in [3.63, 3.8) is 0 Å². The minimum absolute atomic E-state index is 0.0470. The van der Waals surface area contributed by atoms with Crippen LogP contribution in [0, 0.1) is 0 Å². The molecule has 3 heterocycles. The zero-order chi connectivity index (χ0) is 28.5. The molecule has 4 amide bonds. The van der Waals surface area contributed by atoms with Crippen molar-refractivity contribution in [2.45, 2.75) is 54.8 Å². The summed E-state index contributed by atoms with van der Waals surface area (Å²) in [5, 5.41) is 3.36. The fourth-order valence-corrected chi connectivity index (χ4v) is 7.30. The van der Waals surface area contributed by atoms with Crippen LogP contribution in [0.5, 0.6) is 0 Å². The van der Waals surface area contributed by atoms with Crippen molar-refractivity contribution in [1.29, 1.82) is 0 Å². The third-order valence-corrected chi connectivity index (χ3v) is 9.66. The number of piperidine rings is 1. The molecule has 0 saturated carbocycles. The van der Waals surface area contributed by atoms with Gasteiger partial charge in [0.05, 0.1) is 0 Å². The van der Waals surface area contributed by atoms with E-state index in [4.69, 9.17) is 11.6 Å².